The van der Waals surface area contributed by atoms with Crippen LogP contribution in [0.3, 0.4) is 0 Å². The van der Waals surface area contributed by atoms with Crippen molar-refractivity contribution < 1.29 is 8.42 Å². The predicted octanol–water partition coefficient (Wildman–Crippen LogP) is 2.81. The molecule has 1 unspecified atom stereocenters. The fourth-order valence-electron chi connectivity index (χ4n) is 2.24. The number of anilines is 1. The lowest BCUT2D eigenvalue weighted by Gasteiger charge is -2.36. The molecule has 0 N–H and O–H groups in total. The Labute approximate surface area is 127 Å². The van der Waals surface area contributed by atoms with E-state index in [1.54, 1.807) is 11.8 Å². The molecule has 0 spiro atoms. The summed E-state index contributed by atoms with van der Waals surface area (Å²) in [5.74, 6) is 1.63. The van der Waals surface area contributed by atoms with Gasteiger partial charge in [0.15, 0.2) is 9.84 Å². The van der Waals surface area contributed by atoms with Crippen LogP contribution in [0.2, 0.25) is 0 Å². The zero-order chi connectivity index (χ0) is 14.0. The summed E-state index contributed by atoms with van der Waals surface area (Å²) in [6.07, 6.45) is 1.33. The second kappa shape index (κ2) is 6.06. The average Bonchev–Trinajstić information content (AvgIpc) is 2.37. The summed E-state index contributed by atoms with van der Waals surface area (Å²) < 4.78 is 23.8. The van der Waals surface area contributed by atoms with E-state index >= 15 is 0 Å². The molecule has 1 saturated heterocycles. The Balaban J connectivity index is 2.35. The van der Waals surface area contributed by atoms with Crippen LogP contribution in [-0.2, 0) is 15.2 Å². The molecule has 1 aliphatic heterocycles. The largest absolute Gasteiger partial charge is 0.353 e. The number of rotatable bonds is 3. The lowest BCUT2D eigenvalue weighted by atomic mass is 10.1. The summed E-state index contributed by atoms with van der Waals surface area (Å²) in [7, 11) is -3.06. The molecular weight excluding hydrogens is 346 g/mol. The van der Waals surface area contributed by atoms with Gasteiger partial charge < -0.3 is 4.90 Å². The molecule has 6 heteroatoms. The topological polar surface area (TPSA) is 37.4 Å². The highest BCUT2D eigenvalue weighted by Gasteiger charge is 2.31. The molecule has 3 nitrogen and oxygen atoms in total. The van der Waals surface area contributed by atoms with Gasteiger partial charge in [0.2, 0.25) is 0 Å². The first kappa shape index (κ1) is 15.2. The van der Waals surface area contributed by atoms with Gasteiger partial charge in [-0.2, -0.15) is 11.8 Å². The highest BCUT2D eigenvalue weighted by molar-refractivity contribution is 9.08. The molecule has 0 aromatic heterocycles. The standard InChI is InChI=1S/C13H18BrNO2S2/c1-10-7-12(4-3-11(10)8-14)15-5-6-18-9-13(15)19(2,16)17/h3-4,7,13H,5-6,8-9H2,1-2H3. The van der Waals surface area contributed by atoms with E-state index < -0.39 is 15.2 Å². The maximum Gasteiger partial charge on any atom is 0.169 e. The van der Waals surface area contributed by atoms with Crippen molar-refractivity contribution in [2.75, 3.05) is 29.2 Å². The summed E-state index contributed by atoms with van der Waals surface area (Å²) in [4.78, 5) is 2.02. The molecule has 2 rings (SSSR count). The van der Waals surface area contributed by atoms with Crippen LogP contribution < -0.4 is 4.90 Å². The first-order chi connectivity index (χ1) is 8.93. The van der Waals surface area contributed by atoms with Gasteiger partial charge in [0.1, 0.15) is 5.37 Å². The minimum atomic E-state index is -3.06. The summed E-state index contributed by atoms with van der Waals surface area (Å²) in [6.45, 7) is 2.85. The van der Waals surface area contributed by atoms with Gasteiger partial charge in [-0.1, -0.05) is 22.0 Å². The Morgan fingerprint density at radius 1 is 1.47 bits per heavy atom. The van der Waals surface area contributed by atoms with Gasteiger partial charge in [0, 0.05) is 35.3 Å². The Hall–Kier alpha value is -0.200. The number of hydrogen-bond acceptors (Lipinski definition) is 4. The van der Waals surface area contributed by atoms with Crippen LogP contribution >= 0.6 is 27.7 Å². The third-order valence-electron chi connectivity index (χ3n) is 3.38. The fraction of sp³-hybridized carbons (Fsp3) is 0.538. The minimum Gasteiger partial charge on any atom is -0.353 e. The molecule has 1 heterocycles. The number of nitrogens with zero attached hydrogens (tertiary/aromatic N) is 1. The van der Waals surface area contributed by atoms with Gasteiger partial charge in [-0.3, -0.25) is 0 Å². The van der Waals surface area contributed by atoms with Crippen LogP contribution in [0.5, 0.6) is 0 Å². The number of aryl methyl sites for hydroxylation is 1. The molecular formula is C13H18BrNO2S2. The molecule has 0 saturated carbocycles. The van der Waals surface area contributed by atoms with E-state index in [-0.39, 0.29) is 0 Å². The number of sulfone groups is 1. The van der Waals surface area contributed by atoms with Gasteiger partial charge >= 0.3 is 0 Å². The Morgan fingerprint density at radius 3 is 2.79 bits per heavy atom. The third-order valence-corrected chi connectivity index (χ3v) is 6.63. The van der Waals surface area contributed by atoms with E-state index in [0.29, 0.717) is 5.75 Å². The van der Waals surface area contributed by atoms with Crippen molar-refractivity contribution in [3.8, 4) is 0 Å². The lowest BCUT2D eigenvalue weighted by molar-refractivity contribution is 0.584. The molecule has 0 radical (unpaired) electrons. The smallest absolute Gasteiger partial charge is 0.169 e. The second-order valence-electron chi connectivity index (χ2n) is 4.80. The highest BCUT2D eigenvalue weighted by atomic mass is 79.9. The first-order valence-corrected chi connectivity index (χ1v) is 10.4. The Bertz CT molecular complexity index is 560. The van der Waals surface area contributed by atoms with E-state index in [0.717, 1.165) is 23.3 Å². The van der Waals surface area contributed by atoms with E-state index in [4.69, 9.17) is 0 Å². The molecule has 1 fully saturated rings. The van der Waals surface area contributed by atoms with Crippen molar-refractivity contribution in [1.82, 2.24) is 0 Å². The van der Waals surface area contributed by atoms with Gasteiger partial charge in [-0.25, -0.2) is 8.42 Å². The van der Waals surface area contributed by atoms with Gasteiger partial charge in [0.05, 0.1) is 0 Å². The Morgan fingerprint density at radius 2 is 2.21 bits per heavy atom. The average molecular weight is 364 g/mol. The van der Waals surface area contributed by atoms with Gasteiger partial charge in [-0.05, 0) is 30.2 Å². The maximum atomic E-state index is 11.9. The van der Waals surface area contributed by atoms with E-state index in [2.05, 4.69) is 35.0 Å². The van der Waals surface area contributed by atoms with Crippen molar-refractivity contribution in [3.63, 3.8) is 0 Å². The summed E-state index contributed by atoms with van der Waals surface area (Å²) in [5, 5.41) is 0.422. The maximum absolute atomic E-state index is 11.9. The SMILES string of the molecule is Cc1cc(N2CCSCC2S(C)(=O)=O)ccc1CBr. The van der Waals surface area contributed by atoms with Crippen LogP contribution in [0.15, 0.2) is 18.2 Å². The van der Waals surface area contributed by atoms with Gasteiger partial charge in [-0.15, -0.1) is 0 Å². The summed E-state index contributed by atoms with van der Waals surface area (Å²) in [5.41, 5.74) is 3.45. The van der Waals surface area contributed by atoms with Gasteiger partial charge in [0.25, 0.3) is 0 Å². The monoisotopic (exact) mass is 363 g/mol. The molecule has 0 bridgehead atoms. The van der Waals surface area contributed by atoms with Crippen LogP contribution in [-0.4, -0.2) is 38.1 Å². The zero-order valence-electron chi connectivity index (χ0n) is 11.1. The normalized spacial score (nSPS) is 20.6. The predicted molar refractivity (Wildman–Crippen MR) is 87.1 cm³/mol. The second-order valence-corrected chi connectivity index (χ2v) is 8.71. The third kappa shape index (κ3) is 3.47. The van der Waals surface area contributed by atoms with E-state index in [1.165, 1.54) is 17.4 Å². The van der Waals surface area contributed by atoms with E-state index in [1.807, 2.05) is 11.0 Å². The molecule has 0 amide bonds. The van der Waals surface area contributed by atoms with Crippen molar-refractivity contribution in [3.05, 3.63) is 29.3 Å². The number of hydrogen-bond donors (Lipinski definition) is 0. The molecule has 0 aliphatic carbocycles. The highest BCUT2D eigenvalue weighted by Crippen LogP contribution is 2.28. The molecule has 106 valence electrons. The minimum absolute atomic E-state index is 0.402. The van der Waals surface area contributed by atoms with Crippen molar-refractivity contribution in [1.29, 1.82) is 0 Å². The fourth-order valence-corrected chi connectivity index (χ4v) is 5.71. The molecule has 19 heavy (non-hydrogen) atoms. The van der Waals surface area contributed by atoms with Crippen LogP contribution in [0.1, 0.15) is 11.1 Å². The zero-order valence-corrected chi connectivity index (χ0v) is 14.3. The number of thioether (sulfide) groups is 1. The summed E-state index contributed by atoms with van der Waals surface area (Å²) in [6, 6.07) is 6.18. The van der Waals surface area contributed by atoms with E-state index in [9.17, 15) is 8.42 Å². The molecule has 1 aliphatic rings. The van der Waals surface area contributed by atoms with Crippen LogP contribution in [0, 0.1) is 6.92 Å². The van der Waals surface area contributed by atoms with Crippen molar-refractivity contribution >= 4 is 43.2 Å². The lowest BCUT2D eigenvalue weighted by Crippen LogP contribution is -2.47. The molecule has 1 aromatic carbocycles. The number of alkyl halides is 1. The molecule has 1 atom stereocenters. The quantitative estimate of drug-likeness (QED) is 0.773. The Kier molecular flexibility index (Phi) is 4.84. The van der Waals surface area contributed by atoms with Crippen LogP contribution in [0.4, 0.5) is 5.69 Å². The summed E-state index contributed by atoms with van der Waals surface area (Å²) >= 11 is 5.17. The number of halogens is 1. The van der Waals surface area contributed by atoms with Crippen LogP contribution in [0.25, 0.3) is 0 Å². The van der Waals surface area contributed by atoms with Crippen molar-refractivity contribution in [2.45, 2.75) is 17.6 Å². The van der Waals surface area contributed by atoms with Crippen molar-refractivity contribution in [2.24, 2.45) is 0 Å². The molecule has 1 aromatic rings. The first-order valence-electron chi connectivity index (χ1n) is 6.12. The number of benzene rings is 1.